The number of hydrogen-bond acceptors (Lipinski definition) is 7. The summed E-state index contributed by atoms with van der Waals surface area (Å²) in [6.45, 7) is 0. The van der Waals surface area contributed by atoms with Crippen molar-refractivity contribution in [1.82, 2.24) is 0 Å². The molecule has 0 saturated carbocycles. The first-order valence-electron chi connectivity index (χ1n) is 7.58. The molecule has 0 aliphatic carbocycles. The number of carbonyl (C=O) groups excluding carboxylic acids is 3. The van der Waals surface area contributed by atoms with E-state index in [0.29, 0.717) is 0 Å². The second-order valence-corrected chi connectivity index (χ2v) is 5.16. The topological polar surface area (TPSA) is 102 Å². The molecule has 140 valence electrons. The third kappa shape index (κ3) is 5.99. The number of ether oxygens (including phenoxy) is 2. The van der Waals surface area contributed by atoms with Crippen LogP contribution in [0.3, 0.4) is 0 Å². The standard InChI is InChI=1S/C18H13F2NO6/c19-13-5-1-11(2-6-13)17(23)26-15(21-25)9-10-16(22)27-18(24)12-3-7-14(20)8-4-12/h1-8,25H,9-10H2/b21-15-. The smallest absolute Gasteiger partial charge is 0.345 e. The average Bonchev–Trinajstić information content (AvgIpc) is 2.65. The van der Waals surface area contributed by atoms with E-state index >= 15 is 0 Å². The summed E-state index contributed by atoms with van der Waals surface area (Å²) in [7, 11) is 0. The van der Waals surface area contributed by atoms with Crippen LogP contribution in [-0.4, -0.2) is 29.0 Å². The lowest BCUT2D eigenvalue weighted by Gasteiger charge is -2.06. The highest BCUT2D eigenvalue weighted by molar-refractivity contribution is 6.00. The second-order valence-electron chi connectivity index (χ2n) is 5.16. The Kier molecular flexibility index (Phi) is 6.70. The van der Waals surface area contributed by atoms with Crippen LogP contribution in [0, 0.1) is 11.6 Å². The molecular formula is C18H13F2NO6. The van der Waals surface area contributed by atoms with Gasteiger partial charge in [0, 0.05) is 6.42 Å². The molecule has 0 fully saturated rings. The number of esters is 3. The molecule has 7 nitrogen and oxygen atoms in total. The SMILES string of the molecule is O=C(CC/C(=N/O)OC(=O)c1ccc(F)cc1)OC(=O)c1ccc(F)cc1. The molecule has 0 unspecified atom stereocenters. The van der Waals surface area contributed by atoms with E-state index in [1.165, 1.54) is 12.1 Å². The lowest BCUT2D eigenvalue weighted by Crippen LogP contribution is -2.17. The third-order valence-electron chi connectivity index (χ3n) is 3.23. The van der Waals surface area contributed by atoms with Crippen molar-refractivity contribution in [3.8, 4) is 0 Å². The molecular weight excluding hydrogens is 364 g/mol. The van der Waals surface area contributed by atoms with Gasteiger partial charge in [-0.3, -0.25) is 4.79 Å². The Balaban J connectivity index is 1.85. The Bertz CT molecular complexity index is 862. The molecule has 9 heteroatoms. The molecule has 0 spiro atoms. The number of rotatable bonds is 5. The minimum Gasteiger partial charge on any atom is -0.408 e. The van der Waals surface area contributed by atoms with Gasteiger partial charge >= 0.3 is 17.9 Å². The van der Waals surface area contributed by atoms with Crippen molar-refractivity contribution in [2.75, 3.05) is 0 Å². The lowest BCUT2D eigenvalue weighted by molar-refractivity contribution is -0.137. The Morgan fingerprint density at radius 2 is 1.22 bits per heavy atom. The predicted molar refractivity (Wildman–Crippen MR) is 87.1 cm³/mol. The van der Waals surface area contributed by atoms with Crippen LogP contribution < -0.4 is 0 Å². The van der Waals surface area contributed by atoms with Crippen LogP contribution in [0.25, 0.3) is 0 Å². The fourth-order valence-corrected chi connectivity index (χ4v) is 1.88. The van der Waals surface area contributed by atoms with Gasteiger partial charge in [0.2, 0.25) is 5.90 Å². The van der Waals surface area contributed by atoms with E-state index in [-0.39, 0.29) is 17.5 Å². The quantitative estimate of drug-likeness (QED) is 0.215. The number of oxime groups is 1. The zero-order chi connectivity index (χ0) is 19.8. The summed E-state index contributed by atoms with van der Waals surface area (Å²) in [5, 5.41) is 11.6. The van der Waals surface area contributed by atoms with Crippen molar-refractivity contribution in [2.45, 2.75) is 12.8 Å². The van der Waals surface area contributed by atoms with Gasteiger partial charge < -0.3 is 14.7 Å². The second kappa shape index (κ2) is 9.18. The zero-order valence-electron chi connectivity index (χ0n) is 13.7. The first-order valence-corrected chi connectivity index (χ1v) is 7.58. The van der Waals surface area contributed by atoms with Crippen molar-refractivity contribution in [2.24, 2.45) is 5.16 Å². The van der Waals surface area contributed by atoms with Gasteiger partial charge in [0.1, 0.15) is 11.6 Å². The van der Waals surface area contributed by atoms with Crippen molar-refractivity contribution < 1.29 is 37.8 Å². The van der Waals surface area contributed by atoms with E-state index in [1.807, 2.05) is 0 Å². The van der Waals surface area contributed by atoms with Crippen LogP contribution in [0.5, 0.6) is 0 Å². The Labute approximate surface area is 151 Å². The maximum Gasteiger partial charge on any atom is 0.345 e. The summed E-state index contributed by atoms with van der Waals surface area (Å²) >= 11 is 0. The Hall–Kier alpha value is -3.62. The Morgan fingerprint density at radius 1 is 0.778 bits per heavy atom. The number of halogens is 2. The normalized spacial score (nSPS) is 11.0. The molecule has 0 atom stereocenters. The first-order chi connectivity index (χ1) is 12.9. The van der Waals surface area contributed by atoms with Crippen LogP contribution in [0.15, 0.2) is 53.7 Å². The van der Waals surface area contributed by atoms with E-state index in [9.17, 15) is 23.2 Å². The van der Waals surface area contributed by atoms with Crippen LogP contribution in [0.4, 0.5) is 8.78 Å². The minimum atomic E-state index is -0.981. The molecule has 0 amide bonds. The van der Waals surface area contributed by atoms with Gasteiger partial charge in [0.25, 0.3) is 0 Å². The van der Waals surface area contributed by atoms with Gasteiger partial charge in [-0.05, 0) is 48.5 Å². The molecule has 2 aromatic rings. The molecule has 0 heterocycles. The Morgan fingerprint density at radius 3 is 1.67 bits per heavy atom. The number of benzene rings is 2. The molecule has 1 N–H and O–H groups in total. The lowest BCUT2D eigenvalue weighted by atomic mass is 10.2. The summed E-state index contributed by atoms with van der Waals surface area (Å²) in [4.78, 5) is 35.2. The van der Waals surface area contributed by atoms with Crippen molar-refractivity contribution in [3.05, 3.63) is 71.3 Å². The summed E-state index contributed by atoms with van der Waals surface area (Å²) in [5.41, 5.74) is -0.0184. The van der Waals surface area contributed by atoms with E-state index in [2.05, 4.69) is 9.89 Å². The maximum atomic E-state index is 12.8. The molecule has 0 radical (unpaired) electrons. The predicted octanol–water partition coefficient (Wildman–Crippen LogP) is 3.07. The van der Waals surface area contributed by atoms with Crippen LogP contribution in [0.2, 0.25) is 0 Å². The first kappa shape index (κ1) is 19.7. The highest BCUT2D eigenvalue weighted by atomic mass is 19.1. The van der Waals surface area contributed by atoms with Gasteiger partial charge in [0.15, 0.2) is 0 Å². The zero-order valence-corrected chi connectivity index (χ0v) is 13.7. The highest BCUT2D eigenvalue weighted by Gasteiger charge is 2.17. The number of nitrogens with zero attached hydrogens (tertiary/aromatic N) is 1. The molecule has 0 saturated heterocycles. The van der Waals surface area contributed by atoms with Crippen molar-refractivity contribution in [1.29, 1.82) is 0 Å². The van der Waals surface area contributed by atoms with Gasteiger partial charge in [-0.25, -0.2) is 18.4 Å². The van der Waals surface area contributed by atoms with Crippen LogP contribution in [-0.2, 0) is 14.3 Å². The fraction of sp³-hybridized carbons (Fsp3) is 0.111. The largest absolute Gasteiger partial charge is 0.408 e. The van der Waals surface area contributed by atoms with E-state index < -0.39 is 41.9 Å². The summed E-state index contributed by atoms with van der Waals surface area (Å²) in [5.74, 6) is -4.45. The summed E-state index contributed by atoms with van der Waals surface area (Å²) in [6, 6.07) is 8.80. The monoisotopic (exact) mass is 377 g/mol. The minimum absolute atomic E-state index is 0.00612. The van der Waals surface area contributed by atoms with E-state index in [1.54, 1.807) is 0 Å². The number of carbonyl (C=O) groups is 3. The van der Waals surface area contributed by atoms with Crippen LogP contribution in [0.1, 0.15) is 33.6 Å². The van der Waals surface area contributed by atoms with Crippen LogP contribution >= 0.6 is 0 Å². The van der Waals surface area contributed by atoms with E-state index in [0.717, 1.165) is 36.4 Å². The van der Waals surface area contributed by atoms with Gasteiger partial charge in [0.05, 0.1) is 17.5 Å². The molecule has 0 bridgehead atoms. The molecule has 0 aliphatic heterocycles. The van der Waals surface area contributed by atoms with Gasteiger partial charge in [-0.1, -0.05) is 5.16 Å². The molecule has 2 rings (SSSR count). The van der Waals surface area contributed by atoms with Crippen molar-refractivity contribution >= 4 is 23.8 Å². The number of hydrogen-bond donors (Lipinski definition) is 1. The fourth-order valence-electron chi connectivity index (χ4n) is 1.88. The maximum absolute atomic E-state index is 12.8. The average molecular weight is 377 g/mol. The molecule has 2 aromatic carbocycles. The summed E-state index contributed by atoms with van der Waals surface area (Å²) < 4.78 is 35.0. The van der Waals surface area contributed by atoms with E-state index in [4.69, 9.17) is 9.94 Å². The van der Waals surface area contributed by atoms with Crippen molar-refractivity contribution in [3.63, 3.8) is 0 Å². The van der Waals surface area contributed by atoms with Gasteiger partial charge in [-0.2, -0.15) is 0 Å². The summed E-state index contributed by atoms with van der Waals surface area (Å²) in [6.07, 6.45) is -0.762. The molecule has 27 heavy (non-hydrogen) atoms. The molecule has 0 aliphatic rings. The highest BCUT2D eigenvalue weighted by Crippen LogP contribution is 2.09. The van der Waals surface area contributed by atoms with Gasteiger partial charge in [-0.15, -0.1) is 0 Å². The third-order valence-corrected chi connectivity index (χ3v) is 3.23. The molecule has 0 aromatic heterocycles.